The van der Waals surface area contributed by atoms with E-state index in [4.69, 9.17) is 11.6 Å². The average molecular weight is 399 g/mol. The first-order valence-electron chi connectivity index (χ1n) is 7.39. The minimum Gasteiger partial charge on any atom is -0.286 e. The molecule has 1 unspecified atom stereocenters. The number of amides is 1. The Bertz CT molecular complexity index is 912. The largest absolute Gasteiger partial charge is 0.286 e. The first-order chi connectivity index (χ1) is 11.9. The van der Waals surface area contributed by atoms with E-state index >= 15 is 0 Å². The van der Waals surface area contributed by atoms with Crippen molar-refractivity contribution in [1.82, 2.24) is 14.7 Å². The second-order valence-corrected chi connectivity index (χ2v) is 9.04. The lowest BCUT2D eigenvalue weighted by Gasteiger charge is -2.16. The number of halogens is 1. The van der Waals surface area contributed by atoms with E-state index < -0.39 is 15.9 Å². The Hall–Kier alpha value is -1.97. The Morgan fingerprint density at radius 1 is 1.40 bits per heavy atom. The second kappa shape index (κ2) is 7.11. The van der Waals surface area contributed by atoms with Crippen LogP contribution in [-0.2, 0) is 14.8 Å². The highest BCUT2D eigenvalue weighted by molar-refractivity contribution is 7.89. The van der Waals surface area contributed by atoms with Gasteiger partial charge in [-0.15, -0.1) is 11.3 Å². The van der Waals surface area contributed by atoms with E-state index in [1.54, 1.807) is 13.0 Å². The van der Waals surface area contributed by atoms with E-state index in [0.29, 0.717) is 10.2 Å². The van der Waals surface area contributed by atoms with Crippen LogP contribution < -0.4 is 9.62 Å². The average Bonchev–Trinajstić information content (AvgIpc) is 3.14. The normalized spacial score (nSPS) is 16.0. The smallest absolute Gasteiger partial charge is 0.276 e. The lowest BCUT2D eigenvalue weighted by molar-refractivity contribution is -0.114. The monoisotopic (exact) mass is 398 g/mol. The van der Waals surface area contributed by atoms with Crippen LogP contribution in [0.5, 0.6) is 0 Å². The van der Waals surface area contributed by atoms with Crippen molar-refractivity contribution in [1.29, 1.82) is 0 Å². The number of nitrogens with zero attached hydrogens (tertiary/aromatic N) is 3. The predicted molar refractivity (Wildman–Crippen MR) is 97.1 cm³/mol. The lowest BCUT2D eigenvalue weighted by atomic mass is 10.2. The van der Waals surface area contributed by atoms with Gasteiger partial charge in [0.2, 0.25) is 10.0 Å². The summed E-state index contributed by atoms with van der Waals surface area (Å²) in [4.78, 5) is 22.6. The molecule has 0 saturated heterocycles. The third-order valence-electron chi connectivity index (χ3n) is 3.59. The number of sulfonamides is 1. The van der Waals surface area contributed by atoms with Crippen LogP contribution in [0.2, 0.25) is 4.34 Å². The molecule has 0 aromatic carbocycles. The first kappa shape index (κ1) is 17.8. The van der Waals surface area contributed by atoms with E-state index in [-0.39, 0.29) is 23.9 Å². The van der Waals surface area contributed by atoms with Gasteiger partial charge >= 0.3 is 0 Å². The number of anilines is 1. The zero-order chi connectivity index (χ0) is 18.0. The minimum absolute atomic E-state index is 0.0297. The molecule has 10 heteroatoms. The highest BCUT2D eigenvalue weighted by Gasteiger charge is 2.30. The summed E-state index contributed by atoms with van der Waals surface area (Å²) in [5.74, 6) is -0.446. The Labute approximate surface area is 154 Å². The van der Waals surface area contributed by atoms with Crippen LogP contribution in [0, 0.1) is 0 Å². The standard InChI is InChI=1S/C15H15ClN4O3S2/c1-10(12-2-3-13(16)24-12)9-25(22,23)19-11-4-7-20(15(11)21)14-8-17-5-6-18-14/h2-6,8,10,19H,7,9H2,1H3. The molecule has 1 amide bonds. The predicted octanol–water partition coefficient (Wildman–Crippen LogP) is 2.15. The van der Waals surface area contributed by atoms with Gasteiger partial charge in [0.15, 0.2) is 5.82 Å². The van der Waals surface area contributed by atoms with Crippen LogP contribution in [0.3, 0.4) is 0 Å². The summed E-state index contributed by atoms with van der Waals surface area (Å²) in [6, 6.07) is 3.54. The van der Waals surface area contributed by atoms with E-state index in [1.165, 1.54) is 40.9 Å². The van der Waals surface area contributed by atoms with Crippen molar-refractivity contribution in [3.05, 3.63) is 51.7 Å². The molecular weight excluding hydrogens is 384 g/mol. The highest BCUT2D eigenvalue weighted by Crippen LogP contribution is 2.29. The van der Waals surface area contributed by atoms with Crippen molar-refractivity contribution in [3.63, 3.8) is 0 Å². The Balaban J connectivity index is 1.66. The third kappa shape index (κ3) is 4.17. The fourth-order valence-corrected chi connectivity index (χ4v) is 5.07. The van der Waals surface area contributed by atoms with Crippen LogP contribution in [0.25, 0.3) is 0 Å². The summed E-state index contributed by atoms with van der Waals surface area (Å²) in [5.41, 5.74) is 0.0297. The molecule has 0 radical (unpaired) electrons. The number of hydrogen-bond donors (Lipinski definition) is 1. The number of carbonyl (C=O) groups is 1. The molecule has 1 atom stereocenters. The summed E-state index contributed by atoms with van der Waals surface area (Å²) >= 11 is 7.24. The second-order valence-electron chi connectivity index (χ2n) is 5.52. The van der Waals surface area contributed by atoms with Gasteiger partial charge in [0.05, 0.1) is 16.3 Å². The molecule has 0 aliphatic carbocycles. The number of hydrogen-bond acceptors (Lipinski definition) is 6. The number of carbonyl (C=O) groups excluding carboxylic acids is 1. The van der Waals surface area contributed by atoms with Crippen LogP contribution in [0.1, 0.15) is 17.7 Å². The Kier molecular flexibility index (Phi) is 5.07. The molecule has 1 N–H and O–H groups in total. The van der Waals surface area contributed by atoms with Crippen LogP contribution in [0.15, 0.2) is 42.5 Å². The summed E-state index contributed by atoms with van der Waals surface area (Å²) in [7, 11) is -3.68. The van der Waals surface area contributed by atoms with Crippen molar-refractivity contribution in [2.24, 2.45) is 0 Å². The summed E-state index contributed by atoms with van der Waals surface area (Å²) in [6.45, 7) is 2.05. The summed E-state index contributed by atoms with van der Waals surface area (Å²) in [5, 5.41) is 0. The molecule has 132 valence electrons. The van der Waals surface area contributed by atoms with Gasteiger partial charge in [-0.05, 0) is 18.2 Å². The zero-order valence-electron chi connectivity index (χ0n) is 13.2. The quantitative estimate of drug-likeness (QED) is 0.804. The molecule has 1 aliphatic rings. The van der Waals surface area contributed by atoms with Gasteiger partial charge < -0.3 is 0 Å². The number of nitrogens with one attached hydrogen (secondary N) is 1. The molecular formula is C15H15ClN4O3S2. The van der Waals surface area contributed by atoms with Crippen molar-refractivity contribution in [3.8, 4) is 0 Å². The number of thiophene rings is 1. The SMILES string of the molecule is CC(CS(=O)(=O)NC1=CCN(c2cnccn2)C1=O)c1ccc(Cl)s1. The van der Waals surface area contributed by atoms with E-state index in [2.05, 4.69) is 14.7 Å². The van der Waals surface area contributed by atoms with Gasteiger partial charge in [-0.25, -0.2) is 13.4 Å². The van der Waals surface area contributed by atoms with Crippen molar-refractivity contribution >= 4 is 44.7 Å². The molecule has 3 rings (SSSR count). The van der Waals surface area contributed by atoms with Crippen LogP contribution in [-0.4, -0.2) is 36.6 Å². The zero-order valence-corrected chi connectivity index (χ0v) is 15.6. The maximum atomic E-state index is 12.4. The summed E-state index contributed by atoms with van der Waals surface area (Å²) < 4.78 is 27.8. The fourth-order valence-electron chi connectivity index (χ4n) is 2.43. The molecule has 25 heavy (non-hydrogen) atoms. The van der Waals surface area contributed by atoms with Gasteiger partial charge in [0, 0.05) is 29.7 Å². The number of aromatic nitrogens is 2. The summed E-state index contributed by atoms with van der Waals surface area (Å²) in [6.07, 6.45) is 5.95. The molecule has 0 saturated carbocycles. The van der Waals surface area contributed by atoms with E-state index in [1.807, 2.05) is 6.07 Å². The topological polar surface area (TPSA) is 92.3 Å². The maximum absolute atomic E-state index is 12.4. The van der Waals surface area contributed by atoms with Crippen molar-refractivity contribution in [2.45, 2.75) is 12.8 Å². The third-order valence-corrected chi connectivity index (χ3v) is 6.53. The molecule has 7 nitrogen and oxygen atoms in total. The Morgan fingerprint density at radius 3 is 2.84 bits per heavy atom. The molecule has 1 aliphatic heterocycles. The first-order valence-corrected chi connectivity index (χ1v) is 10.2. The van der Waals surface area contributed by atoms with Gasteiger partial charge in [-0.2, -0.15) is 0 Å². The van der Waals surface area contributed by atoms with Crippen LogP contribution >= 0.6 is 22.9 Å². The molecule has 2 aromatic heterocycles. The van der Waals surface area contributed by atoms with Gasteiger partial charge in [0.25, 0.3) is 5.91 Å². The Morgan fingerprint density at radius 2 is 2.20 bits per heavy atom. The van der Waals surface area contributed by atoms with Crippen molar-refractivity contribution < 1.29 is 13.2 Å². The molecule has 0 bridgehead atoms. The van der Waals surface area contributed by atoms with Gasteiger partial charge in [-0.1, -0.05) is 18.5 Å². The molecule has 0 fully saturated rings. The fraction of sp³-hybridized carbons (Fsp3) is 0.267. The van der Waals surface area contributed by atoms with E-state index in [9.17, 15) is 13.2 Å². The van der Waals surface area contributed by atoms with Crippen molar-refractivity contribution in [2.75, 3.05) is 17.2 Å². The highest BCUT2D eigenvalue weighted by atomic mass is 35.5. The number of rotatable bonds is 6. The van der Waals surface area contributed by atoms with Crippen LogP contribution in [0.4, 0.5) is 5.82 Å². The molecule has 0 spiro atoms. The minimum atomic E-state index is -3.68. The van der Waals surface area contributed by atoms with E-state index in [0.717, 1.165) is 4.88 Å². The van der Waals surface area contributed by atoms with Gasteiger partial charge in [-0.3, -0.25) is 19.4 Å². The lowest BCUT2D eigenvalue weighted by Crippen LogP contribution is -2.35. The maximum Gasteiger partial charge on any atom is 0.276 e. The molecule has 2 aromatic rings. The van der Waals surface area contributed by atoms with Gasteiger partial charge in [0.1, 0.15) is 5.70 Å². The molecule has 3 heterocycles.